The predicted molar refractivity (Wildman–Crippen MR) is 86.7 cm³/mol. The molecule has 2 aliphatic heterocycles. The fourth-order valence-electron chi connectivity index (χ4n) is 3.19. The highest BCUT2D eigenvalue weighted by Gasteiger charge is 2.55. The minimum absolute atomic E-state index is 0.272. The molecule has 0 amide bonds. The smallest absolute Gasteiger partial charge is 0.385 e. The van der Waals surface area contributed by atoms with E-state index in [2.05, 4.69) is 0 Å². The van der Waals surface area contributed by atoms with Crippen LogP contribution in [0, 0.1) is 27.7 Å². The molecular weight excluding hydrogens is 324 g/mol. The van der Waals surface area contributed by atoms with E-state index in [1.165, 1.54) is 0 Å². The third kappa shape index (κ3) is 2.33. The summed E-state index contributed by atoms with van der Waals surface area (Å²) >= 11 is 0. The van der Waals surface area contributed by atoms with E-state index in [1.807, 2.05) is 26.0 Å². The van der Waals surface area contributed by atoms with Crippen LogP contribution in [-0.4, -0.2) is 18.1 Å². The Morgan fingerprint density at radius 3 is 1.44 bits per heavy atom. The molecule has 0 unspecified atom stereocenters. The second kappa shape index (κ2) is 4.99. The van der Waals surface area contributed by atoms with Crippen molar-refractivity contribution in [1.82, 2.24) is 0 Å². The Bertz CT molecular complexity index is 866. The Morgan fingerprint density at radius 2 is 1.04 bits per heavy atom. The molecule has 128 valence electrons. The number of benzene rings is 2. The maximum atomic E-state index is 12.4. The van der Waals surface area contributed by atoms with Gasteiger partial charge in [-0.05, 0) is 62.1 Å². The fourth-order valence-corrected chi connectivity index (χ4v) is 3.19. The van der Waals surface area contributed by atoms with Gasteiger partial charge in [-0.3, -0.25) is 0 Å². The minimum atomic E-state index is -2.24. The number of hydrogen-bond donors (Lipinski definition) is 0. The topological polar surface area (TPSA) is 71.1 Å². The Hall–Kier alpha value is -3.02. The van der Waals surface area contributed by atoms with Crippen molar-refractivity contribution < 1.29 is 28.5 Å². The minimum Gasteiger partial charge on any atom is -0.385 e. The number of carbonyl (C=O) groups excluding carboxylic acids is 2. The Labute approximate surface area is 144 Å². The lowest BCUT2D eigenvalue weighted by molar-refractivity contribution is -0.400. The van der Waals surface area contributed by atoms with Crippen molar-refractivity contribution in [2.75, 3.05) is 0 Å². The van der Waals surface area contributed by atoms with Crippen LogP contribution in [0.2, 0.25) is 0 Å². The molecule has 0 N–H and O–H groups in total. The lowest BCUT2D eigenvalue weighted by Crippen LogP contribution is -2.55. The Kier molecular flexibility index (Phi) is 3.09. The van der Waals surface area contributed by atoms with Crippen LogP contribution >= 0.6 is 0 Å². The third-order valence-corrected chi connectivity index (χ3v) is 4.17. The Morgan fingerprint density at radius 1 is 0.640 bits per heavy atom. The van der Waals surface area contributed by atoms with E-state index in [0.717, 1.165) is 22.3 Å². The molecule has 6 heteroatoms. The summed E-state index contributed by atoms with van der Waals surface area (Å²) in [5.41, 5.74) is 3.77. The normalized spacial score (nSPS) is 17.0. The molecule has 25 heavy (non-hydrogen) atoms. The molecule has 4 rings (SSSR count). The van der Waals surface area contributed by atoms with Crippen molar-refractivity contribution in [3.8, 4) is 11.5 Å². The number of carbonyl (C=O) groups is 2. The maximum absolute atomic E-state index is 12.4. The van der Waals surface area contributed by atoms with Gasteiger partial charge in [-0.1, -0.05) is 12.1 Å². The molecule has 1 spiro atoms. The molecule has 0 aliphatic carbocycles. The van der Waals surface area contributed by atoms with Crippen molar-refractivity contribution in [3.63, 3.8) is 0 Å². The second-order valence-corrected chi connectivity index (χ2v) is 6.40. The molecule has 2 aromatic carbocycles. The molecule has 6 nitrogen and oxygen atoms in total. The molecule has 0 aromatic heterocycles. The zero-order valence-corrected chi connectivity index (χ0v) is 14.3. The van der Waals surface area contributed by atoms with Crippen LogP contribution in [0.15, 0.2) is 24.3 Å². The summed E-state index contributed by atoms with van der Waals surface area (Å²) in [5.74, 6) is -0.783. The van der Waals surface area contributed by atoms with E-state index in [1.54, 1.807) is 26.0 Å². The van der Waals surface area contributed by atoms with Gasteiger partial charge in [0.05, 0.1) is 0 Å². The zero-order valence-electron chi connectivity index (χ0n) is 14.3. The second-order valence-electron chi connectivity index (χ2n) is 6.40. The maximum Gasteiger partial charge on any atom is 0.616 e. The summed E-state index contributed by atoms with van der Waals surface area (Å²) < 4.78 is 21.9. The van der Waals surface area contributed by atoms with Crippen molar-refractivity contribution in [1.29, 1.82) is 0 Å². The van der Waals surface area contributed by atoms with Crippen molar-refractivity contribution >= 4 is 11.9 Å². The molecule has 2 aliphatic rings. The number of aryl methyl sites for hydroxylation is 4. The van der Waals surface area contributed by atoms with Crippen molar-refractivity contribution in [3.05, 3.63) is 57.6 Å². The summed E-state index contributed by atoms with van der Waals surface area (Å²) in [4.78, 5) is 24.9. The standard InChI is InChI=1S/C19H16O6/c1-9-5-11(3)15-13(7-9)17(20)24-19(22-15)23-16-12(4)6-10(2)8-14(16)18(21)25-19/h5-8H,1-4H3. The van der Waals surface area contributed by atoms with Crippen LogP contribution in [0.25, 0.3) is 0 Å². The Balaban J connectivity index is 1.82. The number of hydrogen-bond acceptors (Lipinski definition) is 6. The largest absolute Gasteiger partial charge is 0.616 e. The highest BCUT2D eigenvalue weighted by atomic mass is 17.0. The quantitative estimate of drug-likeness (QED) is 0.685. The van der Waals surface area contributed by atoms with Gasteiger partial charge < -0.3 is 18.9 Å². The average Bonchev–Trinajstić information content (AvgIpc) is 2.50. The average molecular weight is 340 g/mol. The molecular formula is C19H16O6. The molecule has 0 radical (unpaired) electrons. The first-order chi connectivity index (χ1) is 11.8. The third-order valence-electron chi connectivity index (χ3n) is 4.17. The van der Waals surface area contributed by atoms with Crippen LogP contribution in [-0.2, 0) is 9.47 Å². The first-order valence-corrected chi connectivity index (χ1v) is 7.85. The summed E-state index contributed by atoms with van der Waals surface area (Å²) in [7, 11) is 0. The van der Waals surface area contributed by atoms with Crippen molar-refractivity contribution in [2.24, 2.45) is 0 Å². The van der Waals surface area contributed by atoms with Gasteiger partial charge >= 0.3 is 18.1 Å². The summed E-state index contributed by atoms with van der Waals surface area (Å²) in [6, 6.07) is 7.03. The first kappa shape index (κ1) is 15.5. The van der Waals surface area contributed by atoms with E-state index in [0.29, 0.717) is 0 Å². The summed E-state index contributed by atoms with van der Waals surface area (Å²) in [6.45, 7) is 7.32. The van der Waals surface area contributed by atoms with Gasteiger partial charge in [0.1, 0.15) is 22.6 Å². The van der Waals surface area contributed by atoms with Crippen LogP contribution in [0.3, 0.4) is 0 Å². The predicted octanol–water partition coefficient (Wildman–Crippen LogP) is 3.33. The van der Waals surface area contributed by atoms with Gasteiger partial charge in [0.25, 0.3) is 0 Å². The molecule has 0 bridgehead atoms. The first-order valence-electron chi connectivity index (χ1n) is 7.85. The lowest BCUT2D eigenvalue weighted by Gasteiger charge is -2.37. The number of esters is 2. The number of ether oxygens (including phenoxy) is 4. The molecule has 2 heterocycles. The summed E-state index contributed by atoms with van der Waals surface area (Å²) in [6.07, 6.45) is -2.24. The number of fused-ring (bicyclic) bond motifs is 2. The molecule has 0 saturated carbocycles. The van der Waals surface area contributed by atoms with Gasteiger partial charge in [-0.15, -0.1) is 0 Å². The van der Waals surface area contributed by atoms with Gasteiger partial charge in [0.15, 0.2) is 0 Å². The summed E-state index contributed by atoms with van der Waals surface area (Å²) in [5, 5.41) is 0. The number of rotatable bonds is 0. The van der Waals surface area contributed by atoms with Gasteiger partial charge in [0.2, 0.25) is 0 Å². The van der Waals surface area contributed by atoms with Crippen LogP contribution in [0.5, 0.6) is 11.5 Å². The van der Waals surface area contributed by atoms with E-state index in [-0.39, 0.29) is 22.6 Å². The van der Waals surface area contributed by atoms with E-state index >= 15 is 0 Å². The van der Waals surface area contributed by atoms with E-state index < -0.39 is 18.1 Å². The van der Waals surface area contributed by atoms with Crippen LogP contribution < -0.4 is 9.47 Å². The highest BCUT2D eigenvalue weighted by Crippen LogP contribution is 2.41. The molecule has 0 saturated heterocycles. The molecule has 2 aromatic rings. The van der Waals surface area contributed by atoms with Gasteiger partial charge in [0, 0.05) is 0 Å². The zero-order chi connectivity index (χ0) is 17.9. The van der Waals surface area contributed by atoms with E-state index in [9.17, 15) is 9.59 Å². The van der Waals surface area contributed by atoms with Crippen LogP contribution in [0.1, 0.15) is 43.0 Å². The van der Waals surface area contributed by atoms with Crippen LogP contribution in [0.4, 0.5) is 0 Å². The monoisotopic (exact) mass is 340 g/mol. The van der Waals surface area contributed by atoms with Crippen molar-refractivity contribution in [2.45, 2.75) is 33.9 Å². The van der Waals surface area contributed by atoms with E-state index in [4.69, 9.17) is 18.9 Å². The molecule has 0 fully saturated rings. The molecule has 0 atom stereocenters. The lowest BCUT2D eigenvalue weighted by atomic mass is 10.0. The highest BCUT2D eigenvalue weighted by molar-refractivity contribution is 5.96. The van der Waals surface area contributed by atoms with Gasteiger partial charge in [-0.2, -0.15) is 0 Å². The fraction of sp³-hybridized carbons (Fsp3) is 0.263. The van der Waals surface area contributed by atoms with Gasteiger partial charge in [-0.25, -0.2) is 9.59 Å². The SMILES string of the molecule is Cc1cc(C)c2c(c1)C(=O)OC1(OC(=O)c3cc(C)cc(C)c3O1)O2.